The van der Waals surface area contributed by atoms with Gasteiger partial charge in [-0.25, -0.2) is 13.1 Å². The normalized spacial score (nSPS) is 12.4. The first-order valence-electron chi connectivity index (χ1n) is 6.95. The van der Waals surface area contributed by atoms with Crippen molar-refractivity contribution in [1.82, 2.24) is 4.72 Å². The Hall–Kier alpha value is -1.27. The topological polar surface area (TPSA) is 84.2 Å². The summed E-state index contributed by atoms with van der Waals surface area (Å²) in [5, 5.41) is 3.43. The summed E-state index contributed by atoms with van der Waals surface area (Å²) < 4.78 is 26.0. The lowest BCUT2D eigenvalue weighted by Gasteiger charge is -2.33. The second-order valence-electron chi connectivity index (χ2n) is 4.92. The van der Waals surface area contributed by atoms with Crippen LogP contribution in [0, 0.1) is 0 Å². The van der Waals surface area contributed by atoms with E-state index in [0.717, 1.165) is 19.3 Å². The number of benzene rings is 1. The third kappa shape index (κ3) is 3.43. The zero-order valence-corrected chi connectivity index (χ0v) is 13.5. The Balaban J connectivity index is 3.22. The number of nitrogens with two attached hydrogens (primary N) is 1. The molecule has 4 N–H and O–H groups in total. The molecule has 0 unspecified atom stereocenters. The Morgan fingerprint density at radius 3 is 2.15 bits per heavy atom. The average Bonchev–Trinajstić information content (AvgIpc) is 2.46. The van der Waals surface area contributed by atoms with Gasteiger partial charge in [0, 0.05) is 5.54 Å². The fourth-order valence-corrected chi connectivity index (χ4v) is 2.99. The largest absolute Gasteiger partial charge is 0.397 e. The molecule has 0 spiro atoms. The third-order valence-electron chi connectivity index (χ3n) is 4.03. The lowest BCUT2D eigenvalue weighted by molar-refractivity contribution is 0.420. The van der Waals surface area contributed by atoms with E-state index in [1.165, 1.54) is 13.1 Å². The molecular weight excluding hydrogens is 274 g/mol. The van der Waals surface area contributed by atoms with Crippen LogP contribution in [0.5, 0.6) is 0 Å². The van der Waals surface area contributed by atoms with Crippen LogP contribution in [0.4, 0.5) is 11.4 Å². The van der Waals surface area contributed by atoms with Gasteiger partial charge in [-0.2, -0.15) is 0 Å². The highest BCUT2D eigenvalue weighted by Crippen LogP contribution is 2.30. The summed E-state index contributed by atoms with van der Waals surface area (Å²) in [6.07, 6.45) is 2.84. The molecule has 0 aliphatic rings. The molecule has 0 saturated heterocycles. The summed E-state index contributed by atoms with van der Waals surface area (Å²) in [4.78, 5) is 0.217. The van der Waals surface area contributed by atoms with E-state index < -0.39 is 10.0 Å². The van der Waals surface area contributed by atoms with Crippen molar-refractivity contribution in [1.29, 1.82) is 0 Å². The molecular formula is C14H25N3O2S. The fraction of sp³-hybridized carbons (Fsp3) is 0.571. The van der Waals surface area contributed by atoms with E-state index >= 15 is 0 Å². The number of sulfonamides is 1. The van der Waals surface area contributed by atoms with Gasteiger partial charge < -0.3 is 11.1 Å². The van der Waals surface area contributed by atoms with Crippen LogP contribution in [0.25, 0.3) is 0 Å². The van der Waals surface area contributed by atoms with E-state index in [-0.39, 0.29) is 10.4 Å². The highest BCUT2D eigenvalue weighted by atomic mass is 32.2. The lowest BCUT2D eigenvalue weighted by atomic mass is 9.89. The fourth-order valence-electron chi connectivity index (χ4n) is 2.23. The van der Waals surface area contributed by atoms with E-state index in [1.54, 1.807) is 12.1 Å². The monoisotopic (exact) mass is 299 g/mol. The van der Waals surface area contributed by atoms with E-state index in [1.807, 2.05) is 0 Å². The standard InChI is InChI=1S/C14H25N3O2S/c1-5-14(6-2,7-3)17-13-10-11(8-9-12(13)15)20(18,19)16-4/h8-10,16-17H,5-7,15H2,1-4H3. The molecule has 0 atom stereocenters. The summed E-state index contributed by atoms with van der Waals surface area (Å²) in [5.74, 6) is 0. The van der Waals surface area contributed by atoms with Gasteiger partial charge in [0.05, 0.1) is 16.3 Å². The molecule has 0 amide bonds. The van der Waals surface area contributed by atoms with Crippen molar-refractivity contribution in [2.24, 2.45) is 0 Å². The molecule has 0 aliphatic carbocycles. The number of rotatable bonds is 7. The second-order valence-corrected chi connectivity index (χ2v) is 6.81. The maximum Gasteiger partial charge on any atom is 0.240 e. The SMILES string of the molecule is CCC(CC)(CC)Nc1cc(S(=O)(=O)NC)ccc1N. The molecule has 0 saturated carbocycles. The molecule has 5 nitrogen and oxygen atoms in total. The van der Waals surface area contributed by atoms with Gasteiger partial charge >= 0.3 is 0 Å². The highest BCUT2D eigenvalue weighted by Gasteiger charge is 2.25. The van der Waals surface area contributed by atoms with Gasteiger partial charge in [0.2, 0.25) is 10.0 Å². The Labute approximate surface area is 122 Å². The zero-order chi connectivity index (χ0) is 15.4. The molecule has 0 aliphatic heterocycles. The quantitative estimate of drug-likeness (QED) is 0.676. The first kappa shape index (κ1) is 16.8. The summed E-state index contributed by atoms with van der Waals surface area (Å²) in [7, 11) is -2.06. The van der Waals surface area contributed by atoms with Crippen LogP contribution < -0.4 is 15.8 Å². The number of anilines is 2. The average molecular weight is 299 g/mol. The molecule has 6 heteroatoms. The molecule has 20 heavy (non-hydrogen) atoms. The molecule has 0 aromatic heterocycles. The minimum absolute atomic E-state index is 0.0594. The summed E-state index contributed by atoms with van der Waals surface area (Å²) in [5.41, 5.74) is 7.14. The summed E-state index contributed by atoms with van der Waals surface area (Å²) in [6.45, 7) is 6.35. The van der Waals surface area contributed by atoms with Gasteiger partial charge in [0.1, 0.15) is 0 Å². The van der Waals surface area contributed by atoms with Crippen LogP contribution in [-0.4, -0.2) is 21.0 Å². The van der Waals surface area contributed by atoms with Crippen LogP contribution in [0.3, 0.4) is 0 Å². The van der Waals surface area contributed by atoms with Gasteiger partial charge in [-0.3, -0.25) is 0 Å². The minimum atomic E-state index is -3.46. The van der Waals surface area contributed by atoms with E-state index in [2.05, 4.69) is 30.8 Å². The van der Waals surface area contributed by atoms with Gasteiger partial charge in [0.25, 0.3) is 0 Å². The molecule has 1 aromatic carbocycles. The molecule has 0 heterocycles. The smallest absolute Gasteiger partial charge is 0.240 e. The first-order valence-corrected chi connectivity index (χ1v) is 8.43. The van der Waals surface area contributed by atoms with Gasteiger partial charge in [-0.15, -0.1) is 0 Å². The van der Waals surface area contributed by atoms with Crippen LogP contribution >= 0.6 is 0 Å². The molecule has 0 bridgehead atoms. The molecule has 1 rings (SSSR count). The number of hydrogen-bond donors (Lipinski definition) is 3. The predicted octanol–water partition coefficient (Wildman–Crippen LogP) is 2.56. The maximum absolute atomic E-state index is 11.9. The van der Waals surface area contributed by atoms with E-state index in [0.29, 0.717) is 11.4 Å². The molecule has 0 fully saturated rings. The highest BCUT2D eigenvalue weighted by molar-refractivity contribution is 7.89. The Kier molecular flexibility index (Phi) is 5.42. The number of hydrogen-bond acceptors (Lipinski definition) is 4. The Morgan fingerprint density at radius 1 is 1.15 bits per heavy atom. The van der Waals surface area contributed by atoms with Crippen molar-refractivity contribution in [3.8, 4) is 0 Å². The van der Waals surface area contributed by atoms with Crippen molar-refractivity contribution < 1.29 is 8.42 Å². The Bertz CT molecular complexity index is 543. The Morgan fingerprint density at radius 2 is 1.70 bits per heavy atom. The van der Waals surface area contributed by atoms with Crippen molar-refractivity contribution in [3.63, 3.8) is 0 Å². The molecule has 1 aromatic rings. The molecule has 114 valence electrons. The second kappa shape index (κ2) is 6.45. The van der Waals surface area contributed by atoms with Gasteiger partial charge in [-0.05, 0) is 44.5 Å². The van der Waals surface area contributed by atoms with Gasteiger partial charge in [0.15, 0.2) is 0 Å². The molecule has 0 radical (unpaired) electrons. The number of nitrogens with one attached hydrogen (secondary N) is 2. The van der Waals surface area contributed by atoms with E-state index in [4.69, 9.17) is 5.73 Å². The maximum atomic E-state index is 11.9. The van der Waals surface area contributed by atoms with Crippen LogP contribution in [-0.2, 0) is 10.0 Å². The van der Waals surface area contributed by atoms with Crippen molar-refractivity contribution in [2.45, 2.75) is 50.5 Å². The lowest BCUT2D eigenvalue weighted by Crippen LogP contribution is -2.36. The van der Waals surface area contributed by atoms with Crippen LogP contribution in [0.2, 0.25) is 0 Å². The predicted molar refractivity (Wildman–Crippen MR) is 84.3 cm³/mol. The van der Waals surface area contributed by atoms with E-state index in [9.17, 15) is 8.42 Å². The van der Waals surface area contributed by atoms with Crippen molar-refractivity contribution in [2.75, 3.05) is 18.1 Å². The van der Waals surface area contributed by atoms with Crippen LogP contribution in [0.15, 0.2) is 23.1 Å². The zero-order valence-electron chi connectivity index (χ0n) is 12.7. The number of nitrogen functional groups attached to an aromatic ring is 1. The summed E-state index contributed by atoms with van der Waals surface area (Å²) in [6, 6.07) is 4.73. The van der Waals surface area contributed by atoms with Gasteiger partial charge in [-0.1, -0.05) is 20.8 Å². The van der Waals surface area contributed by atoms with Crippen molar-refractivity contribution >= 4 is 21.4 Å². The summed E-state index contributed by atoms with van der Waals surface area (Å²) >= 11 is 0. The first-order chi connectivity index (χ1) is 9.34. The van der Waals surface area contributed by atoms with Crippen LogP contribution in [0.1, 0.15) is 40.0 Å². The minimum Gasteiger partial charge on any atom is -0.397 e. The van der Waals surface area contributed by atoms with Crippen molar-refractivity contribution in [3.05, 3.63) is 18.2 Å². The third-order valence-corrected chi connectivity index (χ3v) is 5.45.